The van der Waals surface area contributed by atoms with E-state index >= 15 is 0 Å². The number of aromatic amines is 1. The molecule has 94 valence electrons. The lowest BCUT2D eigenvalue weighted by Crippen LogP contribution is -2.09. The molecule has 0 radical (unpaired) electrons. The molecule has 0 saturated carbocycles. The van der Waals surface area contributed by atoms with Crippen molar-refractivity contribution in [3.8, 4) is 0 Å². The van der Waals surface area contributed by atoms with E-state index in [2.05, 4.69) is 10.2 Å². The molecule has 0 bridgehead atoms. The first-order chi connectivity index (χ1) is 8.72. The molecule has 5 nitrogen and oxygen atoms in total. The Hall–Kier alpha value is -2.30. The highest BCUT2D eigenvalue weighted by Crippen LogP contribution is 2.18. The van der Waals surface area contributed by atoms with Gasteiger partial charge in [0.2, 0.25) is 0 Å². The lowest BCUT2D eigenvalue weighted by Gasteiger charge is -2.04. The molecule has 2 aromatic rings. The Morgan fingerprint density at radius 1 is 1.39 bits per heavy atom. The van der Waals surface area contributed by atoms with E-state index in [1.165, 1.54) is 0 Å². The molecule has 0 aliphatic rings. The van der Waals surface area contributed by atoms with Crippen LogP contribution in [-0.2, 0) is 11.2 Å². The van der Waals surface area contributed by atoms with Crippen LogP contribution in [0.15, 0.2) is 30.3 Å². The van der Waals surface area contributed by atoms with Gasteiger partial charge in [-0.05, 0) is 12.5 Å². The first kappa shape index (κ1) is 12.2. The summed E-state index contributed by atoms with van der Waals surface area (Å²) in [6.45, 7) is 2.07. The Kier molecular flexibility index (Phi) is 3.62. The third-order valence-corrected chi connectivity index (χ3v) is 2.57. The predicted octanol–water partition coefficient (Wildman–Crippen LogP) is 1.76. The fraction of sp³-hybridized carbons (Fsp3) is 0.231. The van der Waals surface area contributed by atoms with Gasteiger partial charge in [-0.2, -0.15) is 5.10 Å². The van der Waals surface area contributed by atoms with Gasteiger partial charge in [0.25, 0.3) is 0 Å². The lowest BCUT2D eigenvalue weighted by molar-refractivity contribution is 0.0526. The standard InChI is InChI=1S/C13H15N3O2/c1-2-18-13(17)11-10(15-16-12(11)14)8-9-6-4-3-5-7-9/h3-7H,2,8H2,1H3,(H3,14,15,16). The first-order valence-corrected chi connectivity index (χ1v) is 5.76. The van der Waals surface area contributed by atoms with E-state index in [0.29, 0.717) is 24.3 Å². The number of aromatic nitrogens is 2. The molecule has 1 aromatic carbocycles. The summed E-state index contributed by atoms with van der Waals surface area (Å²) in [4.78, 5) is 11.8. The molecule has 1 aromatic heterocycles. The van der Waals surface area contributed by atoms with Gasteiger partial charge in [0.15, 0.2) is 5.82 Å². The van der Waals surface area contributed by atoms with E-state index in [4.69, 9.17) is 10.5 Å². The summed E-state index contributed by atoms with van der Waals surface area (Å²) in [5, 5.41) is 6.65. The fourth-order valence-corrected chi connectivity index (χ4v) is 1.75. The van der Waals surface area contributed by atoms with Gasteiger partial charge in [-0.15, -0.1) is 0 Å². The smallest absolute Gasteiger partial charge is 0.343 e. The van der Waals surface area contributed by atoms with E-state index in [-0.39, 0.29) is 5.82 Å². The average molecular weight is 245 g/mol. The van der Waals surface area contributed by atoms with Crippen LogP contribution >= 0.6 is 0 Å². The van der Waals surface area contributed by atoms with Crippen molar-refractivity contribution in [3.63, 3.8) is 0 Å². The molecule has 0 saturated heterocycles. The maximum absolute atomic E-state index is 11.8. The van der Waals surface area contributed by atoms with Crippen LogP contribution < -0.4 is 5.73 Å². The van der Waals surface area contributed by atoms with Crippen LogP contribution in [0.25, 0.3) is 0 Å². The number of rotatable bonds is 4. The second kappa shape index (κ2) is 5.35. The van der Waals surface area contributed by atoms with Crippen LogP contribution in [0.4, 0.5) is 5.82 Å². The number of benzene rings is 1. The minimum Gasteiger partial charge on any atom is -0.462 e. The zero-order valence-corrected chi connectivity index (χ0v) is 10.1. The molecule has 1 heterocycles. The largest absolute Gasteiger partial charge is 0.462 e. The minimum atomic E-state index is -0.435. The predicted molar refractivity (Wildman–Crippen MR) is 68.2 cm³/mol. The average Bonchev–Trinajstić information content (AvgIpc) is 2.72. The second-order valence-corrected chi connectivity index (χ2v) is 3.85. The molecule has 0 unspecified atom stereocenters. The summed E-state index contributed by atoms with van der Waals surface area (Å²) in [6.07, 6.45) is 0.569. The van der Waals surface area contributed by atoms with Crippen molar-refractivity contribution in [2.45, 2.75) is 13.3 Å². The van der Waals surface area contributed by atoms with Crippen LogP contribution in [-0.4, -0.2) is 22.8 Å². The third kappa shape index (κ3) is 2.51. The van der Waals surface area contributed by atoms with Crippen molar-refractivity contribution < 1.29 is 9.53 Å². The van der Waals surface area contributed by atoms with Gasteiger partial charge in [-0.3, -0.25) is 5.10 Å². The number of H-pyrrole nitrogens is 1. The molecule has 0 aliphatic carbocycles. The van der Waals surface area contributed by atoms with E-state index in [0.717, 1.165) is 5.56 Å². The summed E-state index contributed by atoms with van der Waals surface area (Å²) in [5.41, 5.74) is 7.77. The Bertz CT molecular complexity index is 534. The molecule has 0 spiro atoms. The van der Waals surface area contributed by atoms with Crippen molar-refractivity contribution in [2.75, 3.05) is 12.3 Å². The number of ether oxygens (including phenoxy) is 1. The van der Waals surface area contributed by atoms with E-state index in [9.17, 15) is 4.79 Å². The number of nitrogens with two attached hydrogens (primary N) is 1. The quantitative estimate of drug-likeness (QED) is 0.804. The highest BCUT2D eigenvalue weighted by molar-refractivity contribution is 5.95. The summed E-state index contributed by atoms with van der Waals surface area (Å²) in [5.74, 6) is -0.255. The number of carbonyl (C=O) groups excluding carboxylic acids is 1. The molecule has 5 heteroatoms. The summed E-state index contributed by atoms with van der Waals surface area (Å²) >= 11 is 0. The maximum atomic E-state index is 11.8. The SMILES string of the molecule is CCOC(=O)c1c(N)n[nH]c1Cc1ccccc1. The van der Waals surface area contributed by atoms with E-state index in [1.807, 2.05) is 30.3 Å². The number of hydrogen-bond acceptors (Lipinski definition) is 4. The molecule has 0 aliphatic heterocycles. The zero-order valence-electron chi connectivity index (χ0n) is 10.1. The first-order valence-electron chi connectivity index (χ1n) is 5.76. The van der Waals surface area contributed by atoms with Gasteiger partial charge in [-0.25, -0.2) is 4.79 Å². The van der Waals surface area contributed by atoms with Crippen molar-refractivity contribution >= 4 is 11.8 Å². The second-order valence-electron chi connectivity index (χ2n) is 3.85. The topological polar surface area (TPSA) is 81.0 Å². The molecule has 3 N–H and O–H groups in total. The summed E-state index contributed by atoms with van der Waals surface area (Å²) < 4.78 is 4.97. The molecule has 0 atom stereocenters. The van der Waals surface area contributed by atoms with Crippen molar-refractivity contribution in [2.24, 2.45) is 0 Å². The number of nitrogen functional groups attached to an aromatic ring is 1. The molecule has 18 heavy (non-hydrogen) atoms. The third-order valence-electron chi connectivity index (χ3n) is 2.57. The maximum Gasteiger partial charge on any atom is 0.343 e. The van der Waals surface area contributed by atoms with Gasteiger partial charge in [0.1, 0.15) is 5.56 Å². The monoisotopic (exact) mass is 245 g/mol. The number of carbonyl (C=O) groups is 1. The highest BCUT2D eigenvalue weighted by Gasteiger charge is 2.19. The Labute approximate surface area is 105 Å². The molecular formula is C13H15N3O2. The zero-order chi connectivity index (χ0) is 13.0. The Morgan fingerprint density at radius 2 is 2.11 bits per heavy atom. The molecule has 2 rings (SSSR count). The van der Waals surface area contributed by atoms with Crippen molar-refractivity contribution in [1.29, 1.82) is 0 Å². The summed E-state index contributed by atoms with van der Waals surface area (Å²) in [7, 11) is 0. The van der Waals surface area contributed by atoms with E-state index in [1.54, 1.807) is 6.92 Å². The summed E-state index contributed by atoms with van der Waals surface area (Å²) in [6, 6.07) is 9.78. The van der Waals surface area contributed by atoms with Crippen molar-refractivity contribution in [1.82, 2.24) is 10.2 Å². The Morgan fingerprint density at radius 3 is 2.78 bits per heavy atom. The van der Waals surface area contributed by atoms with Crippen LogP contribution in [0.1, 0.15) is 28.5 Å². The van der Waals surface area contributed by atoms with Crippen molar-refractivity contribution in [3.05, 3.63) is 47.2 Å². The molecular weight excluding hydrogens is 230 g/mol. The number of anilines is 1. The molecule has 0 fully saturated rings. The van der Waals surface area contributed by atoms with Gasteiger partial charge < -0.3 is 10.5 Å². The molecule has 0 amide bonds. The Balaban J connectivity index is 2.26. The number of esters is 1. The van der Waals surface area contributed by atoms with Crippen LogP contribution in [0.2, 0.25) is 0 Å². The highest BCUT2D eigenvalue weighted by atomic mass is 16.5. The van der Waals surface area contributed by atoms with Gasteiger partial charge >= 0.3 is 5.97 Å². The van der Waals surface area contributed by atoms with Gasteiger partial charge in [0, 0.05) is 6.42 Å². The van der Waals surface area contributed by atoms with Crippen LogP contribution in [0, 0.1) is 0 Å². The van der Waals surface area contributed by atoms with Crippen LogP contribution in [0.3, 0.4) is 0 Å². The minimum absolute atomic E-state index is 0.180. The number of nitrogens with zero attached hydrogens (tertiary/aromatic N) is 1. The van der Waals surface area contributed by atoms with E-state index < -0.39 is 5.97 Å². The fourth-order valence-electron chi connectivity index (χ4n) is 1.75. The normalized spacial score (nSPS) is 10.3. The lowest BCUT2D eigenvalue weighted by atomic mass is 10.1. The van der Waals surface area contributed by atoms with Gasteiger partial charge in [-0.1, -0.05) is 30.3 Å². The number of hydrogen-bond donors (Lipinski definition) is 2. The van der Waals surface area contributed by atoms with Crippen LogP contribution in [0.5, 0.6) is 0 Å². The number of nitrogens with one attached hydrogen (secondary N) is 1. The van der Waals surface area contributed by atoms with Gasteiger partial charge in [0.05, 0.1) is 12.3 Å².